The summed E-state index contributed by atoms with van der Waals surface area (Å²) in [7, 11) is 0. The number of benzene rings is 1. The normalized spacial score (nSPS) is 10.9. The molecule has 2 nitrogen and oxygen atoms in total. The fourth-order valence-electron chi connectivity index (χ4n) is 1.95. The molecule has 1 aromatic carbocycles. The van der Waals surface area contributed by atoms with Gasteiger partial charge in [-0.2, -0.15) is 0 Å². The van der Waals surface area contributed by atoms with E-state index in [0.717, 1.165) is 19.5 Å². The lowest BCUT2D eigenvalue weighted by Gasteiger charge is -2.08. The summed E-state index contributed by atoms with van der Waals surface area (Å²) >= 11 is 13.9. The highest BCUT2D eigenvalue weighted by atomic mass is 35.5. The van der Waals surface area contributed by atoms with Gasteiger partial charge in [-0.15, -0.1) is 11.3 Å². The minimum Gasteiger partial charge on any atom is -0.487 e. The first-order valence-electron chi connectivity index (χ1n) is 6.97. The number of rotatable bonds is 7. The third kappa shape index (κ3) is 4.89. The number of thiophene rings is 1. The van der Waals surface area contributed by atoms with Gasteiger partial charge in [0, 0.05) is 33.0 Å². The van der Waals surface area contributed by atoms with Crippen LogP contribution in [0.2, 0.25) is 10.0 Å². The molecule has 1 aromatic heterocycles. The van der Waals surface area contributed by atoms with Gasteiger partial charge in [-0.1, -0.05) is 30.1 Å². The molecule has 1 heterocycles. The Kier molecular flexibility index (Phi) is 6.37. The van der Waals surface area contributed by atoms with Gasteiger partial charge in [0.05, 0.1) is 5.02 Å². The van der Waals surface area contributed by atoms with Crippen LogP contribution >= 0.6 is 34.5 Å². The van der Waals surface area contributed by atoms with Gasteiger partial charge in [0.2, 0.25) is 0 Å². The van der Waals surface area contributed by atoms with Crippen molar-refractivity contribution in [1.29, 1.82) is 0 Å². The van der Waals surface area contributed by atoms with Crippen molar-refractivity contribution >= 4 is 34.5 Å². The lowest BCUT2D eigenvalue weighted by Crippen LogP contribution is -2.12. The number of ether oxygens (including phenoxy) is 1. The van der Waals surface area contributed by atoms with E-state index in [1.165, 1.54) is 15.3 Å². The molecule has 0 amide bonds. The van der Waals surface area contributed by atoms with Crippen molar-refractivity contribution in [2.75, 3.05) is 6.54 Å². The van der Waals surface area contributed by atoms with E-state index >= 15 is 0 Å². The molecular formula is C16H19Cl2NOS. The van der Waals surface area contributed by atoms with Crippen molar-refractivity contribution in [2.45, 2.75) is 33.4 Å². The second-order valence-electron chi connectivity index (χ2n) is 4.83. The molecule has 2 aromatic rings. The third-order valence-corrected chi connectivity index (χ3v) is 4.71. The lowest BCUT2D eigenvalue weighted by atomic mass is 10.2. The summed E-state index contributed by atoms with van der Waals surface area (Å²) in [5.41, 5.74) is 1.20. The van der Waals surface area contributed by atoms with E-state index in [0.29, 0.717) is 22.4 Å². The molecule has 0 spiro atoms. The summed E-state index contributed by atoms with van der Waals surface area (Å²) in [5.74, 6) is 0.625. The van der Waals surface area contributed by atoms with E-state index < -0.39 is 0 Å². The number of aryl methyl sites for hydroxylation is 1. The maximum absolute atomic E-state index is 6.10. The number of nitrogens with one attached hydrogen (secondary N) is 1. The zero-order chi connectivity index (χ0) is 15.2. The largest absolute Gasteiger partial charge is 0.487 e. The van der Waals surface area contributed by atoms with Gasteiger partial charge in [0.1, 0.15) is 12.4 Å². The molecule has 2 rings (SSSR count). The van der Waals surface area contributed by atoms with Gasteiger partial charge in [-0.05, 0) is 38.1 Å². The molecule has 0 saturated carbocycles. The van der Waals surface area contributed by atoms with Crippen LogP contribution in [0.3, 0.4) is 0 Å². The Balaban J connectivity index is 1.98. The quantitative estimate of drug-likeness (QED) is 0.675. The van der Waals surface area contributed by atoms with Gasteiger partial charge in [0.25, 0.3) is 0 Å². The standard InChI is InChI=1S/C16H19Cl2NOS/c1-3-6-19-9-14-7-12(11(2)21-14)10-20-16-8-13(17)4-5-15(16)18/h4-5,7-8,19H,3,6,9-10H2,1-2H3. The highest BCUT2D eigenvalue weighted by molar-refractivity contribution is 7.12. The fraction of sp³-hybridized carbons (Fsp3) is 0.375. The Bertz CT molecular complexity index is 598. The van der Waals surface area contributed by atoms with Crippen molar-refractivity contribution in [2.24, 2.45) is 0 Å². The molecule has 0 bridgehead atoms. The molecule has 0 aliphatic heterocycles. The summed E-state index contributed by atoms with van der Waals surface area (Å²) in [6.45, 7) is 6.75. The molecule has 0 aliphatic carbocycles. The molecule has 0 saturated heterocycles. The zero-order valence-electron chi connectivity index (χ0n) is 12.2. The summed E-state index contributed by atoms with van der Waals surface area (Å²) in [5, 5.41) is 4.62. The van der Waals surface area contributed by atoms with E-state index in [4.69, 9.17) is 27.9 Å². The van der Waals surface area contributed by atoms with E-state index in [2.05, 4.69) is 25.2 Å². The van der Waals surface area contributed by atoms with Crippen molar-refractivity contribution < 1.29 is 4.74 Å². The van der Waals surface area contributed by atoms with Crippen LogP contribution < -0.4 is 10.1 Å². The SMILES string of the molecule is CCCNCc1cc(COc2cc(Cl)ccc2Cl)c(C)s1. The van der Waals surface area contributed by atoms with E-state index in [9.17, 15) is 0 Å². The molecule has 0 aliphatic rings. The second-order valence-corrected chi connectivity index (χ2v) is 7.02. The molecule has 0 radical (unpaired) electrons. The van der Waals surface area contributed by atoms with Gasteiger partial charge in [-0.3, -0.25) is 0 Å². The molecule has 0 atom stereocenters. The van der Waals surface area contributed by atoms with E-state index in [1.54, 1.807) is 29.5 Å². The number of halogens is 2. The van der Waals surface area contributed by atoms with Crippen LogP contribution in [0.15, 0.2) is 24.3 Å². The summed E-state index contributed by atoms with van der Waals surface area (Å²) in [6.07, 6.45) is 1.15. The maximum Gasteiger partial charge on any atom is 0.139 e. The van der Waals surface area contributed by atoms with Crippen LogP contribution in [0.5, 0.6) is 5.75 Å². The first kappa shape index (κ1) is 16.6. The second kappa shape index (κ2) is 8.04. The van der Waals surface area contributed by atoms with Crippen LogP contribution in [0.4, 0.5) is 0 Å². The number of hydrogen-bond donors (Lipinski definition) is 1. The van der Waals surface area contributed by atoms with Gasteiger partial charge < -0.3 is 10.1 Å². The predicted octanol–water partition coefficient (Wildman–Crippen LogP) is 5.44. The summed E-state index contributed by atoms with van der Waals surface area (Å²) < 4.78 is 5.79. The summed E-state index contributed by atoms with van der Waals surface area (Å²) in [4.78, 5) is 2.61. The van der Waals surface area contributed by atoms with Gasteiger partial charge in [-0.25, -0.2) is 0 Å². The molecule has 0 fully saturated rings. The Morgan fingerprint density at radius 1 is 1.24 bits per heavy atom. The Morgan fingerprint density at radius 3 is 2.81 bits per heavy atom. The van der Waals surface area contributed by atoms with Crippen LogP contribution in [-0.2, 0) is 13.2 Å². The van der Waals surface area contributed by atoms with Crippen molar-refractivity contribution in [3.05, 3.63) is 49.6 Å². The topological polar surface area (TPSA) is 21.3 Å². The summed E-state index contributed by atoms with van der Waals surface area (Å²) in [6, 6.07) is 7.44. The van der Waals surface area contributed by atoms with Gasteiger partial charge in [0.15, 0.2) is 0 Å². The maximum atomic E-state index is 6.10. The first-order chi connectivity index (χ1) is 10.1. The molecule has 1 N–H and O–H groups in total. The average Bonchev–Trinajstić information content (AvgIpc) is 2.80. The van der Waals surface area contributed by atoms with Crippen LogP contribution in [0.1, 0.15) is 28.7 Å². The molecule has 5 heteroatoms. The zero-order valence-corrected chi connectivity index (χ0v) is 14.5. The Hall–Kier alpha value is -0.740. The lowest BCUT2D eigenvalue weighted by molar-refractivity contribution is 0.306. The first-order valence-corrected chi connectivity index (χ1v) is 8.54. The number of hydrogen-bond acceptors (Lipinski definition) is 3. The Morgan fingerprint density at radius 2 is 2.05 bits per heavy atom. The van der Waals surface area contributed by atoms with Crippen LogP contribution in [-0.4, -0.2) is 6.54 Å². The molecule has 114 valence electrons. The Labute approximate surface area is 140 Å². The minimum absolute atomic E-state index is 0.510. The average molecular weight is 344 g/mol. The highest BCUT2D eigenvalue weighted by Crippen LogP contribution is 2.29. The van der Waals surface area contributed by atoms with Crippen molar-refractivity contribution in [3.63, 3.8) is 0 Å². The minimum atomic E-state index is 0.510. The van der Waals surface area contributed by atoms with Gasteiger partial charge >= 0.3 is 0 Å². The molecule has 21 heavy (non-hydrogen) atoms. The van der Waals surface area contributed by atoms with Crippen LogP contribution in [0, 0.1) is 6.92 Å². The van der Waals surface area contributed by atoms with E-state index in [1.807, 2.05) is 0 Å². The van der Waals surface area contributed by atoms with Crippen LogP contribution in [0.25, 0.3) is 0 Å². The molecule has 0 unspecified atom stereocenters. The highest BCUT2D eigenvalue weighted by Gasteiger charge is 2.08. The van der Waals surface area contributed by atoms with Crippen molar-refractivity contribution in [3.8, 4) is 5.75 Å². The smallest absolute Gasteiger partial charge is 0.139 e. The van der Waals surface area contributed by atoms with E-state index in [-0.39, 0.29) is 0 Å². The molecular weight excluding hydrogens is 325 g/mol. The predicted molar refractivity (Wildman–Crippen MR) is 91.8 cm³/mol. The monoisotopic (exact) mass is 343 g/mol. The van der Waals surface area contributed by atoms with Crippen molar-refractivity contribution in [1.82, 2.24) is 5.32 Å². The fourth-order valence-corrected chi connectivity index (χ4v) is 3.30. The third-order valence-electron chi connectivity index (χ3n) is 3.07.